The highest BCUT2D eigenvalue weighted by Crippen LogP contribution is 2.34. The van der Waals surface area contributed by atoms with Crippen LogP contribution in [0.25, 0.3) is 0 Å². The first-order chi connectivity index (χ1) is 18.2. The summed E-state index contributed by atoms with van der Waals surface area (Å²) in [5.74, 6) is -4.40. The summed E-state index contributed by atoms with van der Waals surface area (Å²) in [4.78, 5) is 37.1. The zero-order valence-corrected chi connectivity index (χ0v) is 20.6. The van der Waals surface area contributed by atoms with E-state index in [4.69, 9.17) is 29.3 Å². The molecule has 0 spiro atoms. The lowest BCUT2D eigenvalue weighted by Crippen LogP contribution is -2.37. The number of fused-ring (bicyclic) bond motifs is 1. The molecule has 1 aromatic heterocycles. The fourth-order valence-electron chi connectivity index (χ4n) is 4.32. The summed E-state index contributed by atoms with van der Waals surface area (Å²) in [6, 6.07) is 5.75. The first kappa shape index (κ1) is 32.2. The van der Waals surface area contributed by atoms with E-state index in [1.165, 1.54) is 0 Å². The quantitative estimate of drug-likeness (QED) is 0.453. The van der Waals surface area contributed by atoms with Crippen molar-refractivity contribution in [3.05, 3.63) is 30.1 Å². The van der Waals surface area contributed by atoms with Gasteiger partial charge in [-0.05, 0) is 30.9 Å². The molecule has 0 unspecified atom stereocenters. The van der Waals surface area contributed by atoms with E-state index in [2.05, 4.69) is 15.2 Å². The minimum atomic E-state index is -5.08. The molecule has 10 nitrogen and oxygen atoms in total. The minimum absolute atomic E-state index is 0.0339. The van der Waals surface area contributed by atoms with Crippen molar-refractivity contribution in [1.29, 1.82) is 0 Å². The number of amides is 1. The number of carbonyl (C=O) groups is 3. The van der Waals surface area contributed by atoms with Gasteiger partial charge in [0.25, 0.3) is 0 Å². The van der Waals surface area contributed by atoms with Gasteiger partial charge in [0.2, 0.25) is 5.91 Å². The topological polar surface area (TPSA) is 138 Å². The highest BCUT2D eigenvalue weighted by Gasteiger charge is 2.47. The van der Waals surface area contributed by atoms with Crippen LogP contribution < -0.4 is 5.32 Å². The molecule has 1 aromatic rings. The van der Waals surface area contributed by atoms with E-state index in [1.807, 2.05) is 18.2 Å². The zero-order valence-electron chi connectivity index (χ0n) is 20.6. The Morgan fingerprint density at radius 3 is 2.10 bits per heavy atom. The molecule has 0 aliphatic carbocycles. The molecule has 0 bridgehead atoms. The summed E-state index contributed by atoms with van der Waals surface area (Å²) < 4.78 is 74.9. The number of halogens is 6. The third-order valence-corrected chi connectivity index (χ3v) is 6.24. The number of hydrogen-bond acceptors (Lipinski definition) is 7. The molecule has 0 aromatic carbocycles. The van der Waals surface area contributed by atoms with Crippen LogP contribution >= 0.6 is 0 Å². The second-order valence-corrected chi connectivity index (χ2v) is 9.06. The molecule has 4 heterocycles. The Bertz CT molecular complexity index is 918. The minimum Gasteiger partial charge on any atom is -0.475 e. The highest BCUT2D eigenvalue weighted by molar-refractivity contribution is 5.79. The van der Waals surface area contributed by atoms with Gasteiger partial charge in [-0.2, -0.15) is 26.3 Å². The van der Waals surface area contributed by atoms with Crippen LogP contribution in [0.3, 0.4) is 0 Å². The van der Waals surface area contributed by atoms with Gasteiger partial charge >= 0.3 is 24.3 Å². The number of pyridine rings is 1. The van der Waals surface area contributed by atoms with Gasteiger partial charge in [0.1, 0.15) is 0 Å². The molecular weight excluding hydrogens is 544 g/mol. The van der Waals surface area contributed by atoms with Gasteiger partial charge in [0.15, 0.2) is 0 Å². The van der Waals surface area contributed by atoms with Crippen molar-refractivity contribution in [3.8, 4) is 0 Å². The van der Waals surface area contributed by atoms with E-state index < -0.39 is 24.3 Å². The molecule has 39 heavy (non-hydrogen) atoms. The average Bonchev–Trinajstić information content (AvgIpc) is 3.44. The van der Waals surface area contributed by atoms with E-state index in [1.54, 1.807) is 6.20 Å². The second kappa shape index (κ2) is 14.4. The van der Waals surface area contributed by atoms with Crippen molar-refractivity contribution in [2.45, 2.75) is 37.8 Å². The number of nitrogens with one attached hydrogen (secondary N) is 1. The summed E-state index contributed by atoms with van der Waals surface area (Å²) in [6.45, 7) is 5.87. The molecule has 0 saturated carbocycles. The van der Waals surface area contributed by atoms with Crippen molar-refractivity contribution < 1.29 is 60.4 Å². The van der Waals surface area contributed by atoms with Crippen molar-refractivity contribution in [1.82, 2.24) is 15.2 Å². The lowest BCUT2D eigenvalue weighted by atomic mass is 9.92. The van der Waals surface area contributed by atoms with Crippen LogP contribution in [-0.4, -0.2) is 95.9 Å². The van der Waals surface area contributed by atoms with E-state index in [0.29, 0.717) is 19.1 Å². The Hall–Kier alpha value is -2.98. The SMILES string of the molecule is O=C(NCc1ccccn1)[C@H]1CO[C@@H]2CN(CC3CCOCC3)C[C@H]12.O=C(O)C(F)(F)F.O=C(O)C(F)(F)F. The second-order valence-electron chi connectivity index (χ2n) is 9.06. The maximum Gasteiger partial charge on any atom is 0.490 e. The van der Waals surface area contributed by atoms with Gasteiger partial charge in [0, 0.05) is 45.0 Å². The van der Waals surface area contributed by atoms with Crippen LogP contribution in [0.5, 0.6) is 0 Å². The molecule has 3 fully saturated rings. The van der Waals surface area contributed by atoms with Gasteiger partial charge < -0.3 is 29.9 Å². The number of ether oxygens (including phenoxy) is 2. The van der Waals surface area contributed by atoms with Crippen LogP contribution in [0.4, 0.5) is 26.3 Å². The lowest BCUT2D eigenvalue weighted by Gasteiger charge is -2.27. The Balaban J connectivity index is 0.000000317. The van der Waals surface area contributed by atoms with Crippen LogP contribution in [0.15, 0.2) is 24.4 Å². The van der Waals surface area contributed by atoms with Crippen LogP contribution in [0, 0.1) is 17.8 Å². The number of nitrogens with zero attached hydrogens (tertiary/aromatic N) is 2. The Morgan fingerprint density at radius 1 is 1.00 bits per heavy atom. The van der Waals surface area contributed by atoms with Gasteiger partial charge in [-0.3, -0.25) is 9.78 Å². The fraction of sp³-hybridized carbons (Fsp3) is 0.652. The first-order valence-electron chi connectivity index (χ1n) is 11.9. The normalized spacial score (nSPS) is 23.5. The number of aliphatic carboxylic acids is 2. The van der Waals surface area contributed by atoms with Gasteiger partial charge in [-0.1, -0.05) is 6.07 Å². The number of alkyl halides is 6. The molecule has 4 rings (SSSR count). The monoisotopic (exact) mass is 573 g/mol. The van der Waals surface area contributed by atoms with E-state index in [-0.39, 0.29) is 17.9 Å². The smallest absolute Gasteiger partial charge is 0.475 e. The third-order valence-electron chi connectivity index (χ3n) is 6.24. The number of likely N-dealkylation sites (tertiary alicyclic amines) is 1. The highest BCUT2D eigenvalue weighted by atomic mass is 19.4. The Labute approximate surface area is 219 Å². The van der Waals surface area contributed by atoms with Crippen molar-refractivity contribution in [3.63, 3.8) is 0 Å². The first-order valence-corrected chi connectivity index (χ1v) is 11.9. The predicted octanol–water partition coefficient (Wildman–Crippen LogP) is 2.34. The summed E-state index contributed by atoms with van der Waals surface area (Å²) in [7, 11) is 0. The third kappa shape index (κ3) is 11.0. The van der Waals surface area contributed by atoms with Gasteiger partial charge in [-0.15, -0.1) is 0 Å². The van der Waals surface area contributed by atoms with Crippen molar-refractivity contribution in [2.24, 2.45) is 17.8 Å². The maximum atomic E-state index is 12.6. The Morgan fingerprint density at radius 2 is 1.59 bits per heavy atom. The molecule has 0 radical (unpaired) electrons. The number of aromatic nitrogens is 1. The van der Waals surface area contributed by atoms with Crippen molar-refractivity contribution >= 4 is 17.8 Å². The molecule has 3 aliphatic heterocycles. The number of carboxylic acid groups (broad SMARTS) is 2. The predicted molar refractivity (Wildman–Crippen MR) is 120 cm³/mol. The summed E-state index contributed by atoms with van der Waals surface area (Å²) >= 11 is 0. The molecule has 3 N–H and O–H groups in total. The number of rotatable bonds is 5. The molecule has 1 amide bonds. The number of hydrogen-bond donors (Lipinski definition) is 3. The van der Waals surface area contributed by atoms with Gasteiger partial charge in [-0.25, -0.2) is 9.59 Å². The van der Waals surface area contributed by atoms with E-state index >= 15 is 0 Å². The Kier molecular flexibility index (Phi) is 11.9. The molecular formula is C23H29F6N3O7. The molecule has 3 atom stereocenters. The molecule has 220 valence electrons. The fourth-order valence-corrected chi connectivity index (χ4v) is 4.32. The molecule has 3 saturated heterocycles. The largest absolute Gasteiger partial charge is 0.490 e. The van der Waals surface area contributed by atoms with Crippen LogP contribution in [0.2, 0.25) is 0 Å². The summed E-state index contributed by atoms with van der Waals surface area (Å²) in [6.07, 6.45) is -5.90. The van der Waals surface area contributed by atoms with E-state index in [0.717, 1.165) is 57.3 Å². The van der Waals surface area contributed by atoms with Gasteiger partial charge in [0.05, 0.1) is 30.9 Å². The van der Waals surface area contributed by atoms with E-state index in [9.17, 15) is 31.1 Å². The maximum absolute atomic E-state index is 12.6. The van der Waals surface area contributed by atoms with Crippen LogP contribution in [-0.2, 0) is 30.4 Å². The van der Waals surface area contributed by atoms with Crippen molar-refractivity contribution in [2.75, 3.05) is 39.5 Å². The zero-order chi connectivity index (χ0) is 29.2. The molecule has 3 aliphatic rings. The molecule has 16 heteroatoms. The standard InChI is InChI=1S/C19H27N3O3.2C2HF3O2/c23-19(21-9-15-3-1-2-6-20-15)17-13-25-18-12-22(11-16(17)18)10-14-4-7-24-8-5-14;2*3-2(4,5)1(6)7/h1-3,6,14,16-18H,4-5,7-13H2,(H,21,23);2*(H,6,7)/t16-,17+,18-;;/m1../s1. The summed E-state index contributed by atoms with van der Waals surface area (Å²) in [5, 5.41) is 17.3. The lowest BCUT2D eigenvalue weighted by molar-refractivity contribution is -0.193. The average molecular weight is 573 g/mol. The van der Waals surface area contributed by atoms with Crippen LogP contribution in [0.1, 0.15) is 18.5 Å². The summed E-state index contributed by atoms with van der Waals surface area (Å²) in [5.41, 5.74) is 0.888. The number of carboxylic acids is 2. The number of carbonyl (C=O) groups excluding carboxylic acids is 1.